The Bertz CT molecular complexity index is 1350. The summed E-state index contributed by atoms with van der Waals surface area (Å²) in [5, 5.41) is 10.4. The van der Waals surface area contributed by atoms with Gasteiger partial charge in [0.2, 0.25) is 0 Å². The molecule has 0 unspecified atom stereocenters. The monoisotopic (exact) mass is 451 g/mol. The molecule has 0 saturated carbocycles. The lowest BCUT2D eigenvalue weighted by Gasteiger charge is -2.15. The van der Waals surface area contributed by atoms with Crippen molar-refractivity contribution in [3.05, 3.63) is 107 Å². The van der Waals surface area contributed by atoms with Crippen molar-refractivity contribution < 1.29 is 4.79 Å². The summed E-state index contributed by atoms with van der Waals surface area (Å²) < 4.78 is 2.14. The summed E-state index contributed by atoms with van der Waals surface area (Å²) in [6.45, 7) is 0. The maximum Gasteiger partial charge on any atom is 0.264 e. The first-order valence-corrected chi connectivity index (χ1v) is 10.8. The van der Waals surface area contributed by atoms with Crippen molar-refractivity contribution in [3.63, 3.8) is 0 Å². The molecule has 0 radical (unpaired) electrons. The number of nitriles is 1. The van der Waals surface area contributed by atoms with Crippen LogP contribution in [0.5, 0.6) is 0 Å². The average molecular weight is 452 g/mol. The molecule has 162 valence electrons. The van der Waals surface area contributed by atoms with Gasteiger partial charge in [-0.25, -0.2) is 0 Å². The molecule has 1 aromatic heterocycles. The molecular formula is C28H22ClN3O. The van der Waals surface area contributed by atoms with E-state index in [-0.39, 0.29) is 11.5 Å². The van der Waals surface area contributed by atoms with Crippen molar-refractivity contribution >= 4 is 23.6 Å². The van der Waals surface area contributed by atoms with Crippen LogP contribution in [0.25, 0.3) is 34.3 Å². The number of nitrogens with zero attached hydrogens (tertiary/aromatic N) is 3. The Morgan fingerprint density at radius 2 is 1.48 bits per heavy atom. The van der Waals surface area contributed by atoms with Crippen molar-refractivity contribution in [3.8, 4) is 34.3 Å². The number of hydrogen-bond acceptors (Lipinski definition) is 2. The molecule has 0 atom stereocenters. The first kappa shape index (κ1) is 22.1. The van der Waals surface area contributed by atoms with Gasteiger partial charge in [-0.15, -0.1) is 0 Å². The number of amides is 1. The summed E-state index contributed by atoms with van der Waals surface area (Å²) >= 11 is 6.17. The molecule has 5 heteroatoms. The molecular weight excluding hydrogens is 430 g/mol. The molecule has 33 heavy (non-hydrogen) atoms. The molecule has 0 N–H and O–H groups in total. The molecule has 0 aliphatic carbocycles. The van der Waals surface area contributed by atoms with Gasteiger partial charge in [-0.1, -0.05) is 72.3 Å². The molecule has 4 nitrogen and oxygen atoms in total. The number of halogens is 1. The van der Waals surface area contributed by atoms with Gasteiger partial charge in [-0.05, 0) is 47.5 Å². The van der Waals surface area contributed by atoms with E-state index in [1.54, 1.807) is 20.2 Å². The molecule has 0 aliphatic heterocycles. The third-order valence-electron chi connectivity index (χ3n) is 5.29. The summed E-state index contributed by atoms with van der Waals surface area (Å²) in [7, 11) is 3.28. The Morgan fingerprint density at radius 3 is 2.03 bits per heavy atom. The van der Waals surface area contributed by atoms with Crippen molar-refractivity contribution in [2.45, 2.75) is 0 Å². The second-order valence-corrected chi connectivity index (χ2v) is 8.18. The third-order valence-corrected chi connectivity index (χ3v) is 5.54. The Labute approximate surface area is 198 Å². The number of aromatic nitrogens is 1. The lowest BCUT2D eigenvalue weighted by molar-refractivity contribution is -0.124. The Hall–Kier alpha value is -4.07. The molecule has 1 heterocycles. The fourth-order valence-corrected chi connectivity index (χ4v) is 3.88. The van der Waals surface area contributed by atoms with Crippen LogP contribution in [-0.2, 0) is 4.79 Å². The normalized spacial score (nSPS) is 11.2. The predicted octanol–water partition coefficient (Wildman–Crippen LogP) is 6.46. The van der Waals surface area contributed by atoms with Crippen LogP contribution >= 0.6 is 11.6 Å². The van der Waals surface area contributed by atoms with E-state index in [4.69, 9.17) is 11.6 Å². The number of benzene rings is 3. The minimum atomic E-state index is -0.336. The van der Waals surface area contributed by atoms with Gasteiger partial charge in [0.05, 0.1) is 11.4 Å². The number of likely N-dealkylation sites (N-methyl/N-ethyl adjacent to an activating group) is 1. The van der Waals surface area contributed by atoms with Gasteiger partial charge >= 0.3 is 0 Å². The largest absolute Gasteiger partial charge is 0.344 e. The topological polar surface area (TPSA) is 49.0 Å². The van der Waals surface area contributed by atoms with Crippen molar-refractivity contribution in [1.29, 1.82) is 5.26 Å². The highest BCUT2D eigenvalue weighted by Crippen LogP contribution is 2.37. The van der Waals surface area contributed by atoms with E-state index in [2.05, 4.69) is 10.6 Å². The fourth-order valence-electron chi connectivity index (χ4n) is 3.75. The SMILES string of the molecule is CN(C)C(=O)/C(C#N)=C/c1cc(-c2ccccc2)n(-c2ccc(Cl)cc2)c1-c1ccccc1. The number of rotatable bonds is 5. The highest BCUT2D eigenvalue weighted by molar-refractivity contribution is 6.30. The average Bonchev–Trinajstić information content (AvgIpc) is 3.22. The van der Waals surface area contributed by atoms with Gasteiger partial charge in [-0.2, -0.15) is 5.26 Å². The van der Waals surface area contributed by atoms with Gasteiger partial charge in [0.1, 0.15) is 11.6 Å². The van der Waals surface area contributed by atoms with E-state index in [0.29, 0.717) is 5.02 Å². The van der Waals surface area contributed by atoms with Crippen LogP contribution in [0.1, 0.15) is 5.56 Å². The summed E-state index contributed by atoms with van der Waals surface area (Å²) in [4.78, 5) is 14.0. The van der Waals surface area contributed by atoms with Crippen LogP contribution in [0, 0.1) is 11.3 Å². The standard InChI is InChI=1S/C28H22ClN3O/c1-31(2)28(33)23(19-30)17-22-18-26(20-9-5-3-6-10-20)32(25-15-13-24(29)14-16-25)27(22)21-11-7-4-8-12-21/h3-18H,1-2H3/b23-17+. The number of carbonyl (C=O) groups excluding carboxylic acids is 1. The molecule has 0 spiro atoms. The lowest BCUT2D eigenvalue weighted by Crippen LogP contribution is -2.22. The highest BCUT2D eigenvalue weighted by Gasteiger charge is 2.20. The third kappa shape index (κ3) is 4.59. The predicted molar refractivity (Wildman–Crippen MR) is 134 cm³/mol. The number of carbonyl (C=O) groups is 1. The van der Waals surface area contributed by atoms with Crippen LogP contribution in [-0.4, -0.2) is 29.5 Å². The fraction of sp³-hybridized carbons (Fsp3) is 0.0714. The first-order valence-electron chi connectivity index (χ1n) is 10.5. The van der Waals surface area contributed by atoms with E-state index in [1.165, 1.54) is 4.90 Å². The van der Waals surface area contributed by atoms with Gasteiger partial charge in [0.25, 0.3) is 5.91 Å². The molecule has 0 bridgehead atoms. The van der Waals surface area contributed by atoms with Gasteiger partial charge in [0, 0.05) is 30.4 Å². The maximum atomic E-state index is 12.6. The van der Waals surface area contributed by atoms with Crippen LogP contribution in [0.2, 0.25) is 5.02 Å². The van der Waals surface area contributed by atoms with E-state index in [9.17, 15) is 10.1 Å². The summed E-state index contributed by atoms with van der Waals surface area (Å²) in [6, 6.07) is 31.7. The zero-order valence-electron chi connectivity index (χ0n) is 18.4. The van der Waals surface area contributed by atoms with Gasteiger partial charge < -0.3 is 9.47 Å². The molecule has 1 amide bonds. The second-order valence-electron chi connectivity index (χ2n) is 7.75. The Morgan fingerprint density at radius 1 is 0.909 bits per heavy atom. The van der Waals surface area contributed by atoms with E-state index in [1.807, 2.05) is 91.0 Å². The zero-order chi connectivity index (χ0) is 23.4. The van der Waals surface area contributed by atoms with E-state index < -0.39 is 0 Å². The summed E-state index contributed by atoms with van der Waals surface area (Å²) in [6.07, 6.45) is 1.67. The minimum absolute atomic E-state index is 0.0741. The van der Waals surface area contributed by atoms with Gasteiger partial charge in [-0.3, -0.25) is 4.79 Å². The summed E-state index contributed by atoms with van der Waals surface area (Å²) in [5.74, 6) is -0.336. The second kappa shape index (κ2) is 9.60. The van der Waals surface area contributed by atoms with Crippen LogP contribution in [0.4, 0.5) is 0 Å². The first-order chi connectivity index (χ1) is 16.0. The van der Waals surface area contributed by atoms with Crippen molar-refractivity contribution in [1.82, 2.24) is 9.47 Å². The molecule has 4 aromatic rings. The van der Waals surface area contributed by atoms with Crippen LogP contribution < -0.4 is 0 Å². The molecule has 0 fully saturated rings. The van der Waals surface area contributed by atoms with Crippen LogP contribution in [0.15, 0.2) is 96.6 Å². The molecule has 3 aromatic carbocycles. The smallest absolute Gasteiger partial charge is 0.264 e. The highest BCUT2D eigenvalue weighted by atomic mass is 35.5. The Balaban J connectivity index is 2.08. The summed E-state index contributed by atoms with van der Waals surface area (Å²) in [5.41, 5.74) is 5.59. The minimum Gasteiger partial charge on any atom is -0.344 e. The van der Waals surface area contributed by atoms with E-state index >= 15 is 0 Å². The van der Waals surface area contributed by atoms with Crippen molar-refractivity contribution in [2.24, 2.45) is 0 Å². The van der Waals surface area contributed by atoms with Crippen LogP contribution in [0.3, 0.4) is 0 Å². The van der Waals surface area contributed by atoms with Gasteiger partial charge in [0.15, 0.2) is 0 Å². The molecule has 4 rings (SSSR count). The quantitative estimate of drug-likeness (QED) is 0.258. The zero-order valence-corrected chi connectivity index (χ0v) is 19.1. The number of hydrogen-bond donors (Lipinski definition) is 0. The van der Waals surface area contributed by atoms with E-state index in [0.717, 1.165) is 33.8 Å². The van der Waals surface area contributed by atoms with Crippen molar-refractivity contribution in [2.75, 3.05) is 14.1 Å². The molecule has 0 saturated heterocycles. The Kier molecular flexibility index (Phi) is 6.44. The lowest BCUT2D eigenvalue weighted by atomic mass is 10.0. The molecule has 0 aliphatic rings. The maximum absolute atomic E-state index is 12.6.